The maximum atomic E-state index is 12.7. The fourth-order valence-corrected chi connectivity index (χ4v) is 3.45. The van der Waals surface area contributed by atoms with Crippen LogP contribution in [0, 0.1) is 0 Å². The number of hydrogen-bond donors (Lipinski definition) is 1. The number of hydrogen-bond acceptors (Lipinski definition) is 3. The molecule has 2 aromatic carbocycles. The zero-order valence-corrected chi connectivity index (χ0v) is 16.0. The zero-order valence-electron chi connectivity index (χ0n) is 14.4. The highest BCUT2D eigenvalue weighted by atomic mass is 79.9. The van der Waals surface area contributed by atoms with E-state index in [2.05, 4.69) is 28.2 Å². The van der Waals surface area contributed by atoms with Gasteiger partial charge in [0, 0.05) is 35.7 Å². The summed E-state index contributed by atoms with van der Waals surface area (Å²) in [4.78, 5) is 14.7. The van der Waals surface area contributed by atoms with Crippen LogP contribution in [-0.2, 0) is 17.8 Å². The lowest BCUT2D eigenvalue weighted by Gasteiger charge is -2.34. The van der Waals surface area contributed by atoms with Gasteiger partial charge in [-0.25, -0.2) is 0 Å². The van der Waals surface area contributed by atoms with E-state index in [-0.39, 0.29) is 11.9 Å². The Morgan fingerprint density at radius 2 is 2.08 bits per heavy atom. The minimum absolute atomic E-state index is 0.150. The molecule has 4 nitrogen and oxygen atoms in total. The molecule has 0 saturated carbocycles. The van der Waals surface area contributed by atoms with Gasteiger partial charge in [-0.2, -0.15) is 0 Å². The lowest BCUT2D eigenvalue weighted by Crippen LogP contribution is -2.52. The molecule has 1 N–H and O–H groups in total. The van der Waals surface area contributed by atoms with E-state index in [4.69, 9.17) is 4.74 Å². The van der Waals surface area contributed by atoms with Crippen LogP contribution < -0.4 is 10.1 Å². The highest BCUT2D eigenvalue weighted by Crippen LogP contribution is 2.25. The Balaban J connectivity index is 1.71. The van der Waals surface area contributed by atoms with E-state index in [0.29, 0.717) is 13.0 Å². The summed E-state index contributed by atoms with van der Waals surface area (Å²) in [6.45, 7) is 5.03. The molecule has 1 atom stereocenters. The lowest BCUT2D eigenvalue weighted by molar-refractivity contribution is -0.133. The van der Waals surface area contributed by atoms with Gasteiger partial charge >= 0.3 is 0 Å². The second-order valence-electron chi connectivity index (χ2n) is 6.34. The van der Waals surface area contributed by atoms with Gasteiger partial charge < -0.3 is 15.0 Å². The summed E-state index contributed by atoms with van der Waals surface area (Å²) >= 11 is 3.50. The fraction of sp³-hybridized carbons (Fsp3) is 0.350. The van der Waals surface area contributed by atoms with E-state index < -0.39 is 0 Å². The van der Waals surface area contributed by atoms with Crippen LogP contribution in [0.4, 0.5) is 0 Å². The SMILES string of the molecule is CC1CNCCN1C(=O)Cc1cc(Br)ccc1OCc1ccccc1. The molecule has 3 rings (SSSR count). The smallest absolute Gasteiger partial charge is 0.227 e. The molecule has 0 bridgehead atoms. The maximum absolute atomic E-state index is 12.7. The highest BCUT2D eigenvalue weighted by molar-refractivity contribution is 9.10. The quantitative estimate of drug-likeness (QED) is 0.832. The molecule has 1 unspecified atom stereocenters. The van der Waals surface area contributed by atoms with Crippen molar-refractivity contribution in [2.75, 3.05) is 19.6 Å². The van der Waals surface area contributed by atoms with Gasteiger partial charge in [0.25, 0.3) is 0 Å². The van der Waals surface area contributed by atoms with Gasteiger partial charge in [0.1, 0.15) is 12.4 Å². The van der Waals surface area contributed by atoms with Crippen LogP contribution in [-0.4, -0.2) is 36.5 Å². The first-order chi connectivity index (χ1) is 12.1. The number of benzene rings is 2. The summed E-state index contributed by atoms with van der Waals surface area (Å²) in [7, 11) is 0. The number of ether oxygens (including phenoxy) is 1. The van der Waals surface area contributed by atoms with E-state index in [1.54, 1.807) is 0 Å². The van der Waals surface area contributed by atoms with E-state index in [9.17, 15) is 4.79 Å². The predicted octanol–water partition coefficient (Wildman–Crippen LogP) is 3.39. The Labute approximate surface area is 157 Å². The molecule has 0 aromatic heterocycles. The summed E-state index contributed by atoms with van der Waals surface area (Å²) in [6, 6.07) is 16.1. The van der Waals surface area contributed by atoms with Crippen LogP contribution in [0.15, 0.2) is 53.0 Å². The maximum Gasteiger partial charge on any atom is 0.227 e. The minimum Gasteiger partial charge on any atom is -0.489 e. The van der Waals surface area contributed by atoms with Crippen molar-refractivity contribution in [3.05, 3.63) is 64.1 Å². The molecule has 1 aliphatic rings. The Morgan fingerprint density at radius 3 is 2.84 bits per heavy atom. The Hall–Kier alpha value is -1.85. The van der Waals surface area contributed by atoms with Gasteiger partial charge in [0.2, 0.25) is 5.91 Å². The average molecular weight is 403 g/mol. The molecule has 0 aliphatic carbocycles. The largest absolute Gasteiger partial charge is 0.489 e. The molecule has 0 spiro atoms. The number of carbonyl (C=O) groups excluding carboxylic acids is 1. The molecule has 1 aliphatic heterocycles. The van der Waals surface area contributed by atoms with Crippen LogP contribution in [0.3, 0.4) is 0 Å². The third-order valence-corrected chi connectivity index (χ3v) is 4.92. The Bertz CT molecular complexity index is 721. The van der Waals surface area contributed by atoms with Crippen molar-refractivity contribution in [2.45, 2.75) is 26.0 Å². The molecule has 1 amide bonds. The summed E-state index contributed by atoms with van der Waals surface area (Å²) < 4.78 is 6.94. The molecular weight excluding hydrogens is 380 g/mol. The Kier molecular flexibility index (Phi) is 6.10. The summed E-state index contributed by atoms with van der Waals surface area (Å²) in [5.74, 6) is 0.917. The first-order valence-electron chi connectivity index (χ1n) is 8.59. The summed E-state index contributed by atoms with van der Waals surface area (Å²) in [5, 5.41) is 3.32. The van der Waals surface area contributed by atoms with Crippen LogP contribution in [0.5, 0.6) is 5.75 Å². The normalized spacial score (nSPS) is 17.4. The van der Waals surface area contributed by atoms with Gasteiger partial charge in [-0.05, 0) is 30.7 Å². The first-order valence-corrected chi connectivity index (χ1v) is 9.38. The number of nitrogens with one attached hydrogen (secondary N) is 1. The van der Waals surface area contributed by atoms with Crippen LogP contribution in [0.2, 0.25) is 0 Å². The molecule has 0 radical (unpaired) electrons. The zero-order chi connectivity index (χ0) is 17.6. The summed E-state index contributed by atoms with van der Waals surface area (Å²) in [5.41, 5.74) is 2.03. The molecule has 132 valence electrons. The van der Waals surface area contributed by atoms with Gasteiger partial charge in [-0.15, -0.1) is 0 Å². The number of piperazine rings is 1. The van der Waals surface area contributed by atoms with E-state index >= 15 is 0 Å². The predicted molar refractivity (Wildman–Crippen MR) is 103 cm³/mol. The molecule has 25 heavy (non-hydrogen) atoms. The molecular formula is C20H23BrN2O2. The number of nitrogens with zero attached hydrogens (tertiary/aromatic N) is 1. The second kappa shape index (κ2) is 8.50. The molecule has 5 heteroatoms. The van der Waals surface area contributed by atoms with Gasteiger partial charge in [-0.3, -0.25) is 4.79 Å². The van der Waals surface area contributed by atoms with Crippen molar-refractivity contribution in [1.29, 1.82) is 0 Å². The van der Waals surface area contributed by atoms with Crippen molar-refractivity contribution in [3.8, 4) is 5.75 Å². The van der Waals surface area contributed by atoms with Crippen molar-refractivity contribution < 1.29 is 9.53 Å². The van der Waals surface area contributed by atoms with Crippen molar-refractivity contribution >= 4 is 21.8 Å². The number of amides is 1. The average Bonchev–Trinajstić information content (AvgIpc) is 2.62. The number of carbonyl (C=O) groups is 1. The fourth-order valence-electron chi connectivity index (χ4n) is 3.04. The first kappa shape index (κ1) is 18.0. The van der Waals surface area contributed by atoms with E-state index in [1.807, 2.05) is 53.4 Å². The Morgan fingerprint density at radius 1 is 1.28 bits per heavy atom. The lowest BCUT2D eigenvalue weighted by atomic mass is 10.1. The van der Waals surface area contributed by atoms with Crippen molar-refractivity contribution in [1.82, 2.24) is 10.2 Å². The van der Waals surface area contributed by atoms with Gasteiger partial charge in [0.15, 0.2) is 0 Å². The van der Waals surface area contributed by atoms with Crippen LogP contribution >= 0.6 is 15.9 Å². The van der Waals surface area contributed by atoms with Gasteiger partial charge in [0.05, 0.1) is 6.42 Å². The van der Waals surface area contributed by atoms with Crippen LogP contribution in [0.25, 0.3) is 0 Å². The van der Waals surface area contributed by atoms with Crippen LogP contribution in [0.1, 0.15) is 18.1 Å². The highest BCUT2D eigenvalue weighted by Gasteiger charge is 2.23. The molecule has 1 heterocycles. The molecule has 2 aromatic rings. The second-order valence-corrected chi connectivity index (χ2v) is 7.26. The third kappa shape index (κ3) is 4.83. The number of rotatable bonds is 5. The van der Waals surface area contributed by atoms with Crippen molar-refractivity contribution in [2.24, 2.45) is 0 Å². The van der Waals surface area contributed by atoms with Crippen molar-refractivity contribution in [3.63, 3.8) is 0 Å². The monoisotopic (exact) mass is 402 g/mol. The topological polar surface area (TPSA) is 41.6 Å². The number of halogens is 1. The van der Waals surface area contributed by atoms with E-state index in [1.165, 1.54) is 0 Å². The standard InChI is InChI=1S/C20H23BrN2O2/c1-15-13-22-9-10-23(15)20(24)12-17-11-18(21)7-8-19(17)25-14-16-5-3-2-4-6-16/h2-8,11,15,22H,9-10,12-14H2,1H3. The van der Waals surface area contributed by atoms with Gasteiger partial charge in [-0.1, -0.05) is 46.3 Å². The molecule has 1 saturated heterocycles. The summed E-state index contributed by atoms with van der Waals surface area (Å²) in [6.07, 6.45) is 0.355. The minimum atomic E-state index is 0.150. The molecule has 1 fully saturated rings. The van der Waals surface area contributed by atoms with E-state index in [0.717, 1.165) is 41.0 Å². The third-order valence-electron chi connectivity index (χ3n) is 4.42.